The Labute approximate surface area is 195 Å². The zero-order valence-corrected chi connectivity index (χ0v) is 19.0. The number of piperidine rings is 1. The van der Waals surface area contributed by atoms with Gasteiger partial charge in [0.1, 0.15) is 17.2 Å². The molecule has 34 heavy (non-hydrogen) atoms. The summed E-state index contributed by atoms with van der Waals surface area (Å²) in [6.45, 7) is 6.71. The lowest BCUT2D eigenvalue weighted by Crippen LogP contribution is -2.41. The van der Waals surface area contributed by atoms with Crippen molar-refractivity contribution in [2.24, 2.45) is 5.92 Å². The number of rotatable bonds is 5. The number of phenols is 1. The second-order valence-electron chi connectivity index (χ2n) is 8.94. The number of carbonyl (C=O) groups is 1. The summed E-state index contributed by atoms with van der Waals surface area (Å²) in [5, 5.41) is 16.0. The van der Waals surface area contributed by atoms with Crippen LogP contribution in [0.1, 0.15) is 30.9 Å². The van der Waals surface area contributed by atoms with Crippen molar-refractivity contribution in [3.63, 3.8) is 0 Å². The quantitative estimate of drug-likeness (QED) is 0.580. The van der Waals surface area contributed by atoms with Crippen molar-refractivity contribution in [3.05, 3.63) is 41.5 Å². The molecule has 3 N–H and O–H groups in total. The molecule has 184 valence electrons. The Hall–Kier alpha value is -3.14. The first-order chi connectivity index (χ1) is 16.1. The van der Waals surface area contributed by atoms with Crippen LogP contribution in [0.3, 0.4) is 0 Å². The number of aromatic hydroxyl groups is 1. The first kappa shape index (κ1) is 24.0. The molecule has 10 heteroatoms. The molecule has 1 amide bonds. The van der Waals surface area contributed by atoms with Gasteiger partial charge in [0.25, 0.3) is 5.91 Å². The van der Waals surface area contributed by atoms with Crippen LogP contribution >= 0.6 is 0 Å². The average Bonchev–Trinajstić information content (AvgIpc) is 2.77. The van der Waals surface area contributed by atoms with Crippen LogP contribution in [0.15, 0.2) is 30.3 Å². The number of nitrogens with zero attached hydrogens (tertiary/aromatic N) is 1. The van der Waals surface area contributed by atoms with Crippen molar-refractivity contribution in [2.45, 2.75) is 45.7 Å². The third kappa shape index (κ3) is 5.85. The molecule has 4 rings (SSSR count). The lowest BCUT2D eigenvalue weighted by molar-refractivity contribution is -0.274. The number of ether oxygens (including phenoxy) is 2. The summed E-state index contributed by atoms with van der Waals surface area (Å²) in [6.07, 6.45) is -3.46. The molecule has 1 unspecified atom stereocenters. The number of hydrogen-bond donors (Lipinski definition) is 3. The monoisotopic (exact) mass is 479 g/mol. The van der Waals surface area contributed by atoms with E-state index in [1.54, 1.807) is 6.07 Å². The number of benzene rings is 2. The number of alkyl halides is 3. The molecule has 2 aliphatic heterocycles. The molecule has 0 saturated carbocycles. The van der Waals surface area contributed by atoms with Crippen molar-refractivity contribution < 1.29 is 32.5 Å². The number of carbonyl (C=O) groups excluding carboxylic acids is 1. The summed E-state index contributed by atoms with van der Waals surface area (Å²) in [4.78, 5) is 15.3. The number of aryl methyl sites for hydroxylation is 1. The van der Waals surface area contributed by atoms with Crippen LogP contribution in [0, 0.1) is 12.8 Å². The highest BCUT2D eigenvalue weighted by atomic mass is 19.4. The van der Waals surface area contributed by atoms with Gasteiger partial charge in [0.2, 0.25) is 0 Å². The Morgan fingerprint density at radius 1 is 1.26 bits per heavy atom. The van der Waals surface area contributed by atoms with E-state index in [2.05, 4.69) is 27.2 Å². The molecule has 0 radical (unpaired) electrons. The first-order valence-corrected chi connectivity index (χ1v) is 11.2. The normalized spacial score (nSPS) is 19.0. The van der Waals surface area contributed by atoms with Gasteiger partial charge in [0.15, 0.2) is 6.10 Å². The van der Waals surface area contributed by atoms with Gasteiger partial charge in [-0.3, -0.25) is 9.69 Å². The molecule has 7 nitrogen and oxygen atoms in total. The molecular formula is C24H28F3N3O4. The van der Waals surface area contributed by atoms with Gasteiger partial charge in [-0.1, -0.05) is 6.92 Å². The molecule has 0 aliphatic carbocycles. The van der Waals surface area contributed by atoms with Crippen LogP contribution in [-0.4, -0.2) is 48.0 Å². The molecule has 2 aliphatic rings. The summed E-state index contributed by atoms with van der Waals surface area (Å²) >= 11 is 0. The van der Waals surface area contributed by atoms with Crippen LogP contribution in [0.4, 0.5) is 24.5 Å². The Morgan fingerprint density at radius 3 is 2.71 bits per heavy atom. The van der Waals surface area contributed by atoms with Crippen LogP contribution in [0.2, 0.25) is 0 Å². The predicted octanol–water partition coefficient (Wildman–Crippen LogP) is 4.64. The van der Waals surface area contributed by atoms with Gasteiger partial charge in [-0.25, -0.2) is 0 Å². The summed E-state index contributed by atoms with van der Waals surface area (Å²) < 4.78 is 47.0. The molecule has 0 bridgehead atoms. The van der Waals surface area contributed by atoms with Crippen LogP contribution in [-0.2, 0) is 11.3 Å². The van der Waals surface area contributed by atoms with Crippen molar-refractivity contribution in [1.82, 2.24) is 4.90 Å². The number of halogens is 3. The summed E-state index contributed by atoms with van der Waals surface area (Å²) in [6, 6.07) is 7.04. The van der Waals surface area contributed by atoms with Crippen LogP contribution < -0.4 is 20.1 Å². The number of nitrogens with one attached hydrogen (secondary N) is 2. The Kier molecular flexibility index (Phi) is 6.79. The largest absolute Gasteiger partial charge is 0.573 e. The van der Waals surface area contributed by atoms with E-state index in [0.29, 0.717) is 23.8 Å². The molecule has 2 heterocycles. The molecule has 0 aromatic heterocycles. The molecular weight excluding hydrogens is 451 g/mol. The topological polar surface area (TPSA) is 83.1 Å². The van der Waals surface area contributed by atoms with Gasteiger partial charge >= 0.3 is 6.36 Å². The molecule has 1 atom stereocenters. The molecule has 1 fully saturated rings. The van der Waals surface area contributed by atoms with Crippen molar-refractivity contribution in [1.29, 1.82) is 0 Å². The highest BCUT2D eigenvalue weighted by Crippen LogP contribution is 2.35. The SMILES string of the molecule is Cc1cc(CN2CCC(C)CC2)c(NC(=O)C2CNc3cc(OC(F)(F)F)ccc3O2)cc1O. The minimum atomic E-state index is -4.80. The second-order valence-corrected chi connectivity index (χ2v) is 8.94. The lowest BCUT2D eigenvalue weighted by atomic mass is 9.98. The molecule has 0 spiro atoms. The summed E-state index contributed by atoms with van der Waals surface area (Å²) in [5.74, 6) is 0.224. The zero-order valence-electron chi connectivity index (χ0n) is 19.0. The van der Waals surface area contributed by atoms with Gasteiger partial charge in [-0.05, 0) is 68.1 Å². The first-order valence-electron chi connectivity index (χ1n) is 11.2. The summed E-state index contributed by atoms with van der Waals surface area (Å²) in [7, 11) is 0. The zero-order chi connectivity index (χ0) is 24.5. The Morgan fingerprint density at radius 2 is 2.00 bits per heavy atom. The fourth-order valence-corrected chi connectivity index (χ4v) is 4.17. The van der Waals surface area contributed by atoms with Crippen LogP contribution in [0.5, 0.6) is 17.2 Å². The summed E-state index contributed by atoms with van der Waals surface area (Å²) in [5.41, 5.74) is 2.44. The fourth-order valence-electron chi connectivity index (χ4n) is 4.17. The minimum Gasteiger partial charge on any atom is -0.508 e. The Balaban J connectivity index is 1.45. The van der Waals surface area contributed by atoms with Gasteiger partial charge < -0.3 is 25.2 Å². The number of anilines is 2. The van der Waals surface area contributed by atoms with Gasteiger partial charge in [0.05, 0.1) is 12.2 Å². The lowest BCUT2D eigenvalue weighted by Gasteiger charge is -2.31. The number of phenolic OH excluding ortho intramolecular Hbond substituents is 1. The van der Waals surface area contributed by atoms with E-state index < -0.39 is 18.4 Å². The van der Waals surface area contributed by atoms with Gasteiger partial charge in [0, 0.05) is 24.4 Å². The number of likely N-dealkylation sites (tertiary alicyclic amines) is 1. The van der Waals surface area contributed by atoms with Crippen molar-refractivity contribution >= 4 is 17.3 Å². The standard InChI is InChI=1S/C24H28F3N3O4/c1-14-5-7-30(8-6-14)13-16-9-15(2)20(31)11-18(16)29-23(32)22-12-28-19-10-17(34-24(25,26)27)3-4-21(19)33-22/h3-4,9-11,14,22,28,31H,5-8,12-13H2,1-2H3,(H,29,32). The maximum atomic E-state index is 13.0. The molecule has 1 saturated heterocycles. The van der Waals surface area contributed by atoms with Gasteiger partial charge in [-0.2, -0.15) is 0 Å². The van der Waals surface area contributed by atoms with Crippen molar-refractivity contribution in [3.8, 4) is 17.2 Å². The average molecular weight is 479 g/mol. The maximum Gasteiger partial charge on any atom is 0.573 e. The Bertz CT molecular complexity index is 1050. The van der Waals surface area contributed by atoms with E-state index >= 15 is 0 Å². The molecule has 2 aromatic carbocycles. The smallest absolute Gasteiger partial charge is 0.508 e. The van der Waals surface area contributed by atoms with E-state index in [9.17, 15) is 23.1 Å². The van der Waals surface area contributed by atoms with Gasteiger partial charge in [-0.15, -0.1) is 13.2 Å². The molecule has 2 aromatic rings. The van der Waals surface area contributed by atoms with Crippen molar-refractivity contribution in [2.75, 3.05) is 30.3 Å². The van der Waals surface area contributed by atoms with E-state index in [1.165, 1.54) is 12.1 Å². The second kappa shape index (κ2) is 9.61. The highest BCUT2D eigenvalue weighted by molar-refractivity contribution is 5.96. The van der Waals surface area contributed by atoms with E-state index in [-0.39, 0.29) is 23.8 Å². The fraction of sp³-hybridized carbons (Fsp3) is 0.458. The number of amides is 1. The third-order valence-corrected chi connectivity index (χ3v) is 6.17. The maximum absolute atomic E-state index is 13.0. The van der Waals surface area contributed by atoms with E-state index in [1.807, 2.05) is 13.0 Å². The minimum absolute atomic E-state index is 0.0610. The van der Waals surface area contributed by atoms with E-state index in [4.69, 9.17) is 4.74 Å². The third-order valence-electron chi connectivity index (χ3n) is 6.17. The number of hydrogen-bond acceptors (Lipinski definition) is 6. The highest BCUT2D eigenvalue weighted by Gasteiger charge is 2.32. The van der Waals surface area contributed by atoms with E-state index in [0.717, 1.165) is 43.1 Å². The number of fused-ring (bicyclic) bond motifs is 1. The predicted molar refractivity (Wildman–Crippen MR) is 121 cm³/mol. The van der Waals surface area contributed by atoms with Crippen LogP contribution in [0.25, 0.3) is 0 Å².